The predicted molar refractivity (Wildman–Crippen MR) is 377 cm³/mol. The number of rotatable bonds is 9. The zero-order valence-electron chi connectivity index (χ0n) is 59.2. The van der Waals surface area contributed by atoms with E-state index in [9.17, 15) is 26.3 Å². The quantitative estimate of drug-likeness (QED) is 0.101. The Kier molecular flexibility index (Phi) is 28.2. The summed E-state index contributed by atoms with van der Waals surface area (Å²) in [7, 11) is 1.34. The van der Waals surface area contributed by atoms with Crippen molar-refractivity contribution in [2.45, 2.75) is 187 Å². The van der Waals surface area contributed by atoms with Gasteiger partial charge in [-0.3, -0.25) is 0 Å². The minimum Gasteiger partial charge on any atom is -0.508 e. The molecule has 6 aromatic rings. The Morgan fingerprint density at radius 1 is 0.490 bits per heavy atom. The van der Waals surface area contributed by atoms with Gasteiger partial charge in [-0.15, -0.1) is 0 Å². The smallest absolute Gasteiger partial charge is 0.264 e. The molecule has 5 saturated carbocycles. The molecule has 14 nitrogen and oxygen atoms in total. The fourth-order valence-electron chi connectivity index (χ4n) is 13.8. The Labute approximate surface area is 596 Å². The fraction of sp³-hybridized carbons (Fsp3) is 0.415. The summed E-state index contributed by atoms with van der Waals surface area (Å²) in [5.74, 6) is -1.51. The first kappa shape index (κ1) is 81.1. The van der Waals surface area contributed by atoms with Gasteiger partial charge >= 0.3 is 0 Å². The van der Waals surface area contributed by atoms with Crippen LogP contribution in [-0.4, -0.2) is 12.7 Å². The normalized spacial score (nSPS) is 16.9. The van der Waals surface area contributed by atoms with E-state index in [0.29, 0.717) is 12.2 Å². The van der Waals surface area contributed by atoms with Gasteiger partial charge in [0.15, 0.2) is 5.82 Å². The van der Waals surface area contributed by atoms with Gasteiger partial charge in [0.2, 0.25) is 28.4 Å². The first-order chi connectivity index (χ1) is 48.2. The van der Waals surface area contributed by atoms with Crippen molar-refractivity contribution < 1.29 is 35.8 Å². The lowest BCUT2D eigenvalue weighted by molar-refractivity contribution is -0.00519. The van der Waals surface area contributed by atoms with Crippen molar-refractivity contribution in [2.24, 2.45) is 23.2 Å². The van der Waals surface area contributed by atoms with Crippen LogP contribution in [0.4, 0.5) is 60.5 Å². The molecule has 0 atom stereocenters. The number of methoxy groups -OCH3 is 1. The van der Waals surface area contributed by atoms with Gasteiger partial charge in [0, 0.05) is 0 Å². The molecule has 520 valence electrons. The fourth-order valence-corrected chi connectivity index (χ4v) is 13.8. The van der Waals surface area contributed by atoms with Crippen molar-refractivity contribution >= 4 is 34.1 Å². The molecule has 0 amide bonds. The van der Waals surface area contributed by atoms with Crippen molar-refractivity contribution in [2.75, 3.05) is 7.11 Å². The standard InChI is InChI=1S/C18H17FN2.C15H15FN2.C15H17FN2.C13H13FN2.C12H11FN2O.C9H5FN2O/c1-21-16-6-15(5-14(10-20)17(16)19)18-7-11-2-12(8-18)4-13(3-11)9-18;1-15(6-4-3-5-7-15)12-8-11(10-17)14(16)13(9-12)18-2;1-5-6-7-15(2,3)12-8-11(10-17)14(16)13(9-12)18-4;1-13(2,3)7-9-5-10(8-15)12(14)11(6-9)16-4;1-12(2,3)16-9-5-8(7-14)11(13)10(6-9)15-4;1-12-9-7(13-2)4-3-6(5-11)8(9)10/h5-6,11-13H,2-4,7-9H2;8-9H,3-7H2,1H3;8-9H,5-7H2,1-3H3;5-6H,7H2,1-3H3;5-6H,1-3H3;3-4H,2H3. The lowest BCUT2D eigenvalue weighted by Gasteiger charge is -2.57. The van der Waals surface area contributed by atoms with E-state index in [1.165, 1.54) is 69.2 Å². The third kappa shape index (κ3) is 20.5. The molecule has 0 N–H and O–H groups in total. The molecule has 0 spiro atoms. The highest BCUT2D eigenvalue weighted by Crippen LogP contribution is 2.61. The highest BCUT2D eigenvalue weighted by molar-refractivity contribution is 5.63. The van der Waals surface area contributed by atoms with E-state index in [0.717, 1.165) is 104 Å². The Bertz CT molecular complexity index is 4360. The maximum absolute atomic E-state index is 14.0. The van der Waals surface area contributed by atoms with Gasteiger partial charge in [0.25, 0.3) is 5.69 Å². The molecule has 5 aliphatic rings. The van der Waals surface area contributed by atoms with E-state index in [1.54, 1.807) is 54.6 Å². The average molecular weight is 1380 g/mol. The average Bonchev–Trinajstić information content (AvgIpc) is 0.730. The zero-order valence-corrected chi connectivity index (χ0v) is 59.2. The van der Waals surface area contributed by atoms with E-state index >= 15 is 0 Å². The second kappa shape index (κ2) is 35.4. The molecule has 0 aliphatic heterocycles. The maximum atomic E-state index is 14.0. The molecule has 11 rings (SSSR count). The molecule has 0 radical (unpaired) electrons. The maximum Gasteiger partial charge on any atom is 0.264 e. The van der Waals surface area contributed by atoms with Crippen LogP contribution in [0.1, 0.15) is 215 Å². The molecule has 0 saturated heterocycles. The van der Waals surface area contributed by atoms with Crippen molar-refractivity contribution in [1.82, 2.24) is 0 Å². The highest BCUT2D eigenvalue weighted by atomic mass is 19.1. The number of halogens is 6. The molecule has 5 aliphatic carbocycles. The summed E-state index contributed by atoms with van der Waals surface area (Å²) in [4.78, 5) is 18.7. The van der Waals surface area contributed by atoms with E-state index in [-0.39, 0.29) is 94.9 Å². The highest BCUT2D eigenvalue weighted by Gasteiger charge is 2.52. The number of ether oxygens (including phenoxy) is 2. The van der Waals surface area contributed by atoms with Crippen LogP contribution in [0.3, 0.4) is 0 Å². The van der Waals surface area contributed by atoms with Crippen molar-refractivity contribution in [3.05, 3.63) is 232 Å². The number of nitriles is 6. The minimum absolute atomic E-state index is 0.00898. The largest absolute Gasteiger partial charge is 0.508 e. The minimum atomic E-state index is -0.822. The molecular weight excluding hydrogens is 1300 g/mol. The van der Waals surface area contributed by atoms with Gasteiger partial charge in [-0.2, -0.15) is 31.6 Å². The van der Waals surface area contributed by atoms with Crippen molar-refractivity contribution in [3.8, 4) is 47.9 Å². The Morgan fingerprint density at radius 3 is 1.32 bits per heavy atom. The van der Waals surface area contributed by atoms with Gasteiger partial charge in [-0.05, 0) is 191 Å². The first-order valence-corrected chi connectivity index (χ1v) is 33.1. The number of hydrogen-bond acceptors (Lipinski definition) is 8. The summed E-state index contributed by atoms with van der Waals surface area (Å²) in [5, 5.41) is 53.0. The second-order valence-electron chi connectivity index (χ2n) is 28.9. The van der Waals surface area contributed by atoms with Crippen LogP contribution in [0, 0.1) is 165 Å². The van der Waals surface area contributed by atoms with Crippen LogP contribution < -0.4 is 9.47 Å². The molecule has 0 aromatic heterocycles. The third-order valence-corrected chi connectivity index (χ3v) is 18.4. The monoisotopic (exact) mass is 1380 g/mol. The number of nitrogens with zero attached hydrogens (tertiary/aromatic N) is 12. The van der Waals surface area contributed by atoms with Gasteiger partial charge < -0.3 is 9.47 Å². The molecule has 0 heterocycles. The van der Waals surface area contributed by atoms with Crippen LogP contribution in [-0.2, 0) is 22.7 Å². The molecule has 102 heavy (non-hydrogen) atoms. The summed E-state index contributed by atoms with van der Waals surface area (Å²) < 4.78 is 91.6. The Balaban J connectivity index is 0.000000222. The van der Waals surface area contributed by atoms with E-state index in [4.69, 9.17) is 80.5 Å². The molecule has 20 heteroatoms. The summed E-state index contributed by atoms with van der Waals surface area (Å²) in [5.41, 5.74) is 2.23. The lowest BCUT2D eigenvalue weighted by Crippen LogP contribution is -2.48. The molecule has 4 bridgehead atoms. The number of benzene rings is 6. The lowest BCUT2D eigenvalue weighted by atomic mass is 9.48. The van der Waals surface area contributed by atoms with Gasteiger partial charge in [0.1, 0.15) is 82.6 Å². The van der Waals surface area contributed by atoms with Crippen LogP contribution in [0.15, 0.2) is 72.8 Å². The van der Waals surface area contributed by atoms with Gasteiger partial charge in [-0.1, -0.05) is 109 Å². The number of unbranched alkanes of at least 4 members (excludes halogenated alkanes) is 1. The summed E-state index contributed by atoms with van der Waals surface area (Å²) in [6.07, 6.45) is 17.0. The van der Waals surface area contributed by atoms with Gasteiger partial charge in [0.05, 0.1) is 79.9 Å². The molecule has 6 aromatic carbocycles. The summed E-state index contributed by atoms with van der Waals surface area (Å²) in [6.45, 7) is 61.6. The summed E-state index contributed by atoms with van der Waals surface area (Å²) >= 11 is 0. The van der Waals surface area contributed by atoms with Crippen LogP contribution in [0.25, 0.3) is 29.1 Å². The van der Waals surface area contributed by atoms with Crippen molar-refractivity contribution in [3.63, 3.8) is 0 Å². The summed E-state index contributed by atoms with van der Waals surface area (Å²) in [6, 6.07) is 28.9. The SMILES string of the molecule is [C-]#[N+]c1c(OC)ccc(C#N)c1F.[C-]#[N+]c1cc(C(C)(C)CCCC)cc(C#N)c1F.[C-]#[N+]c1cc(C2(C)CCCCC2)cc(C#N)c1F.[C-]#[N+]c1cc(C23CC4CC(CC(C4)C2)C3)cc(C#N)c1F.[C-]#[N+]c1cc(CC(C)(C)C)cc(C#N)c1F.[C-]#[N+]c1cc(OC(C)(C)C)cc(C#N)c1F. The topological polar surface area (TPSA) is 187 Å². The third-order valence-electron chi connectivity index (χ3n) is 18.4. The first-order valence-electron chi connectivity index (χ1n) is 33.1. The van der Waals surface area contributed by atoms with Crippen LogP contribution >= 0.6 is 0 Å². The van der Waals surface area contributed by atoms with Gasteiger partial charge in [-0.25, -0.2) is 55.4 Å². The van der Waals surface area contributed by atoms with Crippen LogP contribution in [0.5, 0.6) is 11.5 Å². The van der Waals surface area contributed by atoms with Crippen LogP contribution in [0.2, 0.25) is 0 Å². The van der Waals surface area contributed by atoms with E-state index in [2.05, 4.69) is 77.5 Å². The van der Waals surface area contributed by atoms with E-state index < -0.39 is 40.5 Å². The predicted octanol–water partition coefficient (Wildman–Crippen LogP) is 23.4. The number of hydrogen-bond donors (Lipinski definition) is 0. The molecule has 5 fully saturated rings. The molecule has 0 unspecified atom stereocenters. The second-order valence-corrected chi connectivity index (χ2v) is 28.9. The van der Waals surface area contributed by atoms with E-state index in [1.807, 2.05) is 39.0 Å². The Hall–Kier alpha value is -11.6. The molecular formula is C82H78F6N12O2. The Morgan fingerprint density at radius 2 is 0.902 bits per heavy atom. The zero-order chi connectivity index (χ0) is 76.1. The van der Waals surface area contributed by atoms with Crippen molar-refractivity contribution in [1.29, 1.82) is 31.6 Å².